The van der Waals surface area contributed by atoms with E-state index in [-0.39, 0.29) is 0 Å². The van der Waals surface area contributed by atoms with Gasteiger partial charge in [0.2, 0.25) is 0 Å². The summed E-state index contributed by atoms with van der Waals surface area (Å²) in [5.74, 6) is 1.40. The van der Waals surface area contributed by atoms with Gasteiger partial charge in [-0.1, -0.05) is 164 Å². The predicted octanol–water partition coefficient (Wildman–Crippen LogP) is 11.7. The third-order valence-electron chi connectivity index (χ3n) is 10.2. The second kappa shape index (κ2) is 13.3. The molecule has 0 bridgehead atoms. The minimum absolute atomic E-state index is 0.537. The number of fused-ring (bicyclic) bond motifs is 2. The van der Waals surface area contributed by atoms with Crippen molar-refractivity contribution in [3.8, 4) is 39.9 Å². The first-order chi connectivity index (χ1) is 26.2. The van der Waals surface area contributed by atoms with Crippen LogP contribution in [0.3, 0.4) is 0 Å². The predicted molar refractivity (Wildman–Crippen MR) is 218 cm³/mol. The lowest BCUT2D eigenvalue weighted by molar-refractivity contribution is 0.761. The number of para-hydroxylation sites is 3. The molecular formula is C49H36N4. The van der Waals surface area contributed by atoms with Crippen LogP contribution in [-0.2, 0) is 5.41 Å². The average molecular weight is 681 g/mol. The molecule has 4 nitrogen and oxygen atoms in total. The molecule has 2 aromatic heterocycles. The largest absolute Gasteiger partial charge is 0.291 e. The Kier molecular flexibility index (Phi) is 8.06. The molecule has 0 saturated carbocycles. The van der Waals surface area contributed by atoms with Gasteiger partial charge in [0.1, 0.15) is 5.69 Å². The summed E-state index contributed by atoms with van der Waals surface area (Å²) in [6, 6.07) is 59.2. The maximum Gasteiger partial charge on any atom is 0.164 e. The number of aromatic nitrogens is 4. The second-order valence-electron chi connectivity index (χ2n) is 13.2. The zero-order valence-electron chi connectivity index (χ0n) is 29.4. The number of imidazole rings is 1. The molecule has 1 unspecified atom stereocenters. The van der Waals surface area contributed by atoms with Gasteiger partial charge in [-0.25, -0.2) is 15.0 Å². The highest BCUT2D eigenvalue weighted by Crippen LogP contribution is 2.55. The van der Waals surface area contributed by atoms with E-state index in [1.54, 1.807) is 0 Å². The van der Waals surface area contributed by atoms with Gasteiger partial charge in [0, 0.05) is 16.8 Å². The smallest absolute Gasteiger partial charge is 0.164 e. The van der Waals surface area contributed by atoms with E-state index in [1.807, 2.05) is 36.4 Å². The zero-order valence-corrected chi connectivity index (χ0v) is 29.4. The van der Waals surface area contributed by atoms with Gasteiger partial charge < -0.3 is 0 Å². The summed E-state index contributed by atoms with van der Waals surface area (Å²) in [6.45, 7) is 6.35. The quantitative estimate of drug-likeness (QED) is 0.160. The van der Waals surface area contributed by atoms with Gasteiger partial charge >= 0.3 is 0 Å². The zero-order chi connectivity index (χ0) is 35.8. The van der Waals surface area contributed by atoms with Gasteiger partial charge in [-0.2, -0.15) is 0 Å². The third-order valence-corrected chi connectivity index (χ3v) is 10.2. The van der Waals surface area contributed by atoms with Crippen molar-refractivity contribution in [2.75, 3.05) is 0 Å². The van der Waals surface area contributed by atoms with Crippen LogP contribution in [0, 0.1) is 0 Å². The first-order valence-corrected chi connectivity index (χ1v) is 17.9. The molecule has 1 aliphatic carbocycles. The Bertz CT molecular complexity index is 2670. The standard InChI is InChI=1S/C49H36N4/c1-3-18-41-39(4-2)40-25-14-15-26-42(40)49(41,36-21-10-6-11-22-36)37-31-29-35(30-32-37)47-50-44(34-19-8-5-9-20-34)33-45(51-47)48-52-43-27-16-17-28-46(43)53(48)38-23-12-7-13-24-38/h3-33H,2H2,1H3/b18-3-. The summed E-state index contributed by atoms with van der Waals surface area (Å²) < 4.78 is 2.19. The van der Waals surface area contributed by atoms with Crippen LogP contribution in [0.4, 0.5) is 0 Å². The number of rotatable bonds is 8. The molecule has 2 heterocycles. The fraction of sp³-hybridized carbons (Fsp3) is 0.0408. The molecule has 53 heavy (non-hydrogen) atoms. The molecule has 8 aromatic rings. The normalized spacial score (nSPS) is 15.3. The van der Waals surface area contributed by atoms with Crippen molar-refractivity contribution < 1.29 is 0 Å². The number of nitrogens with zero attached hydrogens (tertiary/aromatic N) is 4. The van der Waals surface area contributed by atoms with E-state index >= 15 is 0 Å². The van der Waals surface area contributed by atoms with Crippen LogP contribution < -0.4 is 0 Å². The van der Waals surface area contributed by atoms with E-state index in [1.165, 1.54) is 22.3 Å². The van der Waals surface area contributed by atoms with E-state index in [2.05, 4.69) is 170 Å². The molecule has 0 amide bonds. The van der Waals surface area contributed by atoms with Crippen LogP contribution in [0.25, 0.3) is 56.5 Å². The molecule has 1 atom stereocenters. The summed E-state index contributed by atoms with van der Waals surface area (Å²) >= 11 is 0. The Morgan fingerprint density at radius 1 is 0.585 bits per heavy atom. The van der Waals surface area contributed by atoms with Crippen molar-refractivity contribution in [3.63, 3.8) is 0 Å². The van der Waals surface area contributed by atoms with E-state index in [4.69, 9.17) is 15.0 Å². The molecule has 6 aromatic carbocycles. The SMILES string of the molecule is C=CC1=C(/C=C\C)C(c2ccccc2)(c2ccc(-c3nc(-c4ccccc4)cc(-c4nc5ccccc5n4-c4ccccc4)n3)cc2)c2ccccc21. The number of benzene rings is 6. The Hall–Kier alpha value is -6.91. The molecule has 0 aliphatic heterocycles. The van der Waals surface area contributed by atoms with Crippen molar-refractivity contribution in [1.29, 1.82) is 0 Å². The highest BCUT2D eigenvalue weighted by Gasteiger charge is 2.46. The van der Waals surface area contributed by atoms with E-state index < -0.39 is 5.41 Å². The Balaban J connectivity index is 1.25. The van der Waals surface area contributed by atoms with E-state index in [9.17, 15) is 0 Å². The van der Waals surface area contributed by atoms with Crippen LogP contribution in [-0.4, -0.2) is 19.5 Å². The number of hydrogen-bond donors (Lipinski definition) is 0. The molecule has 1 aliphatic rings. The summed E-state index contributed by atoms with van der Waals surface area (Å²) in [7, 11) is 0. The minimum atomic E-state index is -0.537. The topological polar surface area (TPSA) is 43.6 Å². The first kappa shape index (κ1) is 32.0. The average Bonchev–Trinajstić information content (AvgIpc) is 3.76. The van der Waals surface area contributed by atoms with Crippen molar-refractivity contribution in [2.24, 2.45) is 0 Å². The molecule has 0 radical (unpaired) electrons. The van der Waals surface area contributed by atoms with Crippen LogP contribution >= 0.6 is 0 Å². The first-order valence-electron chi connectivity index (χ1n) is 17.9. The summed E-state index contributed by atoms with van der Waals surface area (Å²) in [5.41, 5.74) is 13.1. The highest BCUT2D eigenvalue weighted by molar-refractivity contribution is 5.92. The minimum Gasteiger partial charge on any atom is -0.291 e. The summed E-state index contributed by atoms with van der Waals surface area (Å²) in [6.07, 6.45) is 6.37. The van der Waals surface area contributed by atoms with Gasteiger partial charge in [0.05, 0.1) is 22.1 Å². The number of allylic oxidation sites excluding steroid dienone is 5. The third kappa shape index (κ3) is 5.27. The van der Waals surface area contributed by atoms with E-state index in [0.29, 0.717) is 5.82 Å². The highest BCUT2D eigenvalue weighted by atomic mass is 15.1. The lowest BCUT2D eigenvalue weighted by Gasteiger charge is -2.35. The molecule has 252 valence electrons. The fourth-order valence-electron chi connectivity index (χ4n) is 7.97. The van der Waals surface area contributed by atoms with Gasteiger partial charge in [-0.15, -0.1) is 0 Å². The molecule has 4 heteroatoms. The summed E-state index contributed by atoms with van der Waals surface area (Å²) in [4.78, 5) is 15.6. The maximum absolute atomic E-state index is 5.26. The van der Waals surface area contributed by atoms with E-state index in [0.717, 1.165) is 56.2 Å². The number of hydrogen-bond acceptors (Lipinski definition) is 3. The van der Waals surface area contributed by atoms with Gasteiger partial charge in [0.15, 0.2) is 11.6 Å². The Morgan fingerprint density at radius 2 is 1.21 bits per heavy atom. The van der Waals surface area contributed by atoms with Crippen LogP contribution in [0.5, 0.6) is 0 Å². The molecule has 0 saturated heterocycles. The van der Waals surface area contributed by atoms with Crippen LogP contribution in [0.15, 0.2) is 200 Å². The molecule has 0 N–H and O–H groups in total. The lowest BCUT2D eigenvalue weighted by Crippen LogP contribution is -2.29. The van der Waals surface area contributed by atoms with Crippen molar-refractivity contribution in [2.45, 2.75) is 12.3 Å². The van der Waals surface area contributed by atoms with Gasteiger partial charge in [-0.3, -0.25) is 4.57 Å². The maximum atomic E-state index is 5.26. The lowest BCUT2D eigenvalue weighted by atomic mass is 9.66. The monoisotopic (exact) mass is 680 g/mol. The van der Waals surface area contributed by atoms with Crippen molar-refractivity contribution in [3.05, 3.63) is 222 Å². The molecule has 0 fully saturated rings. The van der Waals surface area contributed by atoms with Gasteiger partial charge in [-0.05, 0) is 70.7 Å². The molecule has 0 spiro atoms. The molecule has 9 rings (SSSR count). The van der Waals surface area contributed by atoms with Gasteiger partial charge in [0.25, 0.3) is 0 Å². The van der Waals surface area contributed by atoms with Crippen LogP contribution in [0.1, 0.15) is 29.2 Å². The molecular weight excluding hydrogens is 645 g/mol. The van der Waals surface area contributed by atoms with Crippen molar-refractivity contribution in [1.82, 2.24) is 19.5 Å². The Morgan fingerprint density at radius 3 is 1.94 bits per heavy atom. The fourth-order valence-corrected chi connectivity index (χ4v) is 7.97. The van der Waals surface area contributed by atoms with Crippen molar-refractivity contribution >= 4 is 16.6 Å². The second-order valence-corrected chi connectivity index (χ2v) is 13.2. The Labute approximate surface area is 309 Å². The summed E-state index contributed by atoms with van der Waals surface area (Å²) in [5, 5.41) is 0. The van der Waals surface area contributed by atoms with Crippen LogP contribution in [0.2, 0.25) is 0 Å².